The second kappa shape index (κ2) is 6.95. The average molecular weight is 233 g/mol. The number of alkyl carbamates (subject to hydrolysis) is 1. The van der Waals surface area contributed by atoms with E-state index >= 15 is 0 Å². The second-order valence-electron chi connectivity index (χ2n) is 3.59. The van der Waals surface area contributed by atoms with Crippen molar-refractivity contribution >= 4 is 17.9 Å². The third-order valence-corrected chi connectivity index (χ3v) is 3.67. The van der Waals surface area contributed by atoms with E-state index in [-0.39, 0.29) is 19.3 Å². The van der Waals surface area contributed by atoms with Crippen LogP contribution in [0.15, 0.2) is 0 Å². The third kappa shape index (κ3) is 4.75. The lowest BCUT2D eigenvalue weighted by Gasteiger charge is -2.12. The molecular formula is C10H19NO3S. The van der Waals surface area contributed by atoms with Crippen LogP contribution in [-0.4, -0.2) is 41.5 Å². The monoisotopic (exact) mass is 233 g/mol. The summed E-state index contributed by atoms with van der Waals surface area (Å²) in [6, 6.07) is 0.250. The Balaban J connectivity index is 2.15. The van der Waals surface area contributed by atoms with E-state index in [1.807, 2.05) is 11.8 Å². The number of thioether (sulfide) groups is 1. The van der Waals surface area contributed by atoms with Crippen LogP contribution < -0.4 is 5.32 Å². The zero-order valence-electron chi connectivity index (χ0n) is 9.07. The fourth-order valence-corrected chi connectivity index (χ4v) is 2.95. The van der Waals surface area contributed by atoms with Crippen LogP contribution in [0.4, 0.5) is 4.79 Å². The summed E-state index contributed by atoms with van der Waals surface area (Å²) >= 11 is 1.96. The third-order valence-electron chi connectivity index (χ3n) is 2.43. The van der Waals surface area contributed by atoms with Crippen molar-refractivity contribution in [2.75, 3.05) is 19.0 Å². The van der Waals surface area contributed by atoms with Gasteiger partial charge < -0.3 is 15.2 Å². The maximum Gasteiger partial charge on any atom is 0.407 e. The number of amides is 1. The molecule has 1 fully saturated rings. The molecule has 15 heavy (non-hydrogen) atoms. The Bertz CT molecular complexity index is 201. The minimum Gasteiger partial charge on any atom is -0.447 e. The summed E-state index contributed by atoms with van der Waals surface area (Å²) in [5.41, 5.74) is 0. The summed E-state index contributed by atoms with van der Waals surface area (Å²) in [6.45, 7) is 2.11. The highest BCUT2D eigenvalue weighted by molar-refractivity contribution is 7.99. The Labute approximate surface area is 94.8 Å². The molecule has 0 bridgehead atoms. The van der Waals surface area contributed by atoms with E-state index < -0.39 is 6.09 Å². The van der Waals surface area contributed by atoms with Gasteiger partial charge in [0.25, 0.3) is 0 Å². The number of carbonyl (C=O) groups excluding carboxylic acids is 1. The van der Waals surface area contributed by atoms with E-state index in [2.05, 4.69) is 12.2 Å². The van der Waals surface area contributed by atoms with Crippen LogP contribution in [0.5, 0.6) is 0 Å². The van der Waals surface area contributed by atoms with E-state index in [0.717, 1.165) is 18.6 Å². The minimum absolute atomic E-state index is 0.0751. The van der Waals surface area contributed by atoms with Crippen LogP contribution in [0.3, 0.4) is 0 Å². The van der Waals surface area contributed by atoms with Crippen molar-refractivity contribution in [1.82, 2.24) is 5.32 Å². The Morgan fingerprint density at radius 2 is 2.40 bits per heavy atom. The fourth-order valence-electron chi connectivity index (χ4n) is 1.80. The van der Waals surface area contributed by atoms with Crippen molar-refractivity contribution in [2.24, 2.45) is 0 Å². The van der Waals surface area contributed by atoms with Gasteiger partial charge in [0.05, 0.1) is 6.61 Å². The summed E-state index contributed by atoms with van der Waals surface area (Å²) in [4.78, 5) is 11.2. The summed E-state index contributed by atoms with van der Waals surface area (Å²) in [7, 11) is 0. The first-order valence-corrected chi connectivity index (χ1v) is 6.47. The van der Waals surface area contributed by atoms with Crippen molar-refractivity contribution < 1.29 is 14.6 Å². The number of nitrogens with one attached hydrogen (secondary N) is 1. The molecule has 0 aromatic carbocycles. The molecule has 0 aromatic rings. The fraction of sp³-hybridized carbons (Fsp3) is 0.900. The van der Waals surface area contributed by atoms with E-state index in [1.165, 1.54) is 6.42 Å². The Morgan fingerprint density at radius 1 is 1.60 bits per heavy atom. The van der Waals surface area contributed by atoms with Gasteiger partial charge in [0.15, 0.2) is 0 Å². The van der Waals surface area contributed by atoms with E-state index in [1.54, 1.807) is 0 Å². The van der Waals surface area contributed by atoms with Gasteiger partial charge in [0.2, 0.25) is 0 Å². The summed E-state index contributed by atoms with van der Waals surface area (Å²) in [5, 5.41) is 12.0. The molecule has 1 amide bonds. The molecule has 0 radical (unpaired) electrons. The molecule has 2 atom stereocenters. The zero-order chi connectivity index (χ0) is 11.1. The molecule has 0 saturated heterocycles. The molecule has 2 unspecified atom stereocenters. The van der Waals surface area contributed by atoms with Crippen molar-refractivity contribution in [3.63, 3.8) is 0 Å². The predicted molar refractivity (Wildman–Crippen MR) is 61.1 cm³/mol. The van der Waals surface area contributed by atoms with Crippen LogP contribution in [0.25, 0.3) is 0 Å². The SMILES string of the molecule is CCSC1CCC(NC(=O)OCCO)C1. The molecule has 0 aromatic heterocycles. The Morgan fingerprint density at radius 3 is 3.07 bits per heavy atom. The maximum absolute atomic E-state index is 11.2. The van der Waals surface area contributed by atoms with Crippen LogP contribution in [0.1, 0.15) is 26.2 Å². The summed E-state index contributed by atoms with van der Waals surface area (Å²) in [5.74, 6) is 1.13. The van der Waals surface area contributed by atoms with Crippen molar-refractivity contribution in [1.29, 1.82) is 0 Å². The van der Waals surface area contributed by atoms with E-state index in [4.69, 9.17) is 9.84 Å². The summed E-state index contributed by atoms with van der Waals surface area (Å²) in [6.07, 6.45) is 2.83. The van der Waals surface area contributed by atoms with E-state index in [9.17, 15) is 4.79 Å². The van der Waals surface area contributed by atoms with Crippen molar-refractivity contribution in [3.8, 4) is 0 Å². The number of ether oxygens (including phenoxy) is 1. The second-order valence-corrected chi connectivity index (χ2v) is 5.17. The van der Waals surface area contributed by atoms with Crippen LogP contribution in [0.2, 0.25) is 0 Å². The first-order valence-electron chi connectivity index (χ1n) is 5.42. The van der Waals surface area contributed by atoms with Gasteiger partial charge in [0, 0.05) is 11.3 Å². The van der Waals surface area contributed by atoms with Gasteiger partial charge in [-0.3, -0.25) is 0 Å². The minimum atomic E-state index is -0.406. The van der Waals surface area contributed by atoms with Gasteiger partial charge in [-0.15, -0.1) is 0 Å². The maximum atomic E-state index is 11.2. The molecule has 2 N–H and O–H groups in total. The number of carbonyl (C=O) groups is 1. The molecule has 1 aliphatic rings. The van der Waals surface area contributed by atoms with Gasteiger partial charge in [-0.1, -0.05) is 6.92 Å². The van der Waals surface area contributed by atoms with Gasteiger partial charge >= 0.3 is 6.09 Å². The van der Waals surface area contributed by atoms with E-state index in [0.29, 0.717) is 5.25 Å². The smallest absolute Gasteiger partial charge is 0.407 e. The van der Waals surface area contributed by atoms with Gasteiger partial charge in [-0.25, -0.2) is 4.79 Å². The van der Waals surface area contributed by atoms with Gasteiger partial charge in [-0.2, -0.15) is 11.8 Å². The zero-order valence-corrected chi connectivity index (χ0v) is 9.89. The van der Waals surface area contributed by atoms with Crippen LogP contribution in [0, 0.1) is 0 Å². The average Bonchev–Trinajstić information content (AvgIpc) is 2.63. The first kappa shape index (κ1) is 12.6. The van der Waals surface area contributed by atoms with Gasteiger partial charge in [0.1, 0.15) is 6.61 Å². The number of rotatable bonds is 5. The van der Waals surface area contributed by atoms with Gasteiger partial charge in [-0.05, 0) is 25.0 Å². The highest BCUT2D eigenvalue weighted by Crippen LogP contribution is 2.29. The highest BCUT2D eigenvalue weighted by atomic mass is 32.2. The lowest BCUT2D eigenvalue weighted by atomic mass is 10.3. The number of aliphatic hydroxyl groups excluding tert-OH is 1. The highest BCUT2D eigenvalue weighted by Gasteiger charge is 2.25. The molecule has 1 rings (SSSR count). The molecule has 5 heteroatoms. The Hall–Kier alpha value is -0.420. The lowest BCUT2D eigenvalue weighted by Crippen LogP contribution is -2.34. The van der Waals surface area contributed by atoms with Crippen molar-refractivity contribution in [2.45, 2.75) is 37.5 Å². The molecule has 4 nitrogen and oxygen atoms in total. The molecule has 1 aliphatic carbocycles. The number of aliphatic hydroxyl groups is 1. The Kier molecular flexibility index (Phi) is 5.86. The van der Waals surface area contributed by atoms with Crippen LogP contribution >= 0.6 is 11.8 Å². The molecule has 0 spiro atoms. The van der Waals surface area contributed by atoms with Crippen LogP contribution in [-0.2, 0) is 4.74 Å². The largest absolute Gasteiger partial charge is 0.447 e. The molecule has 0 aliphatic heterocycles. The number of hydrogen-bond donors (Lipinski definition) is 2. The topological polar surface area (TPSA) is 58.6 Å². The normalized spacial score (nSPS) is 25.2. The first-order chi connectivity index (χ1) is 7.26. The quantitative estimate of drug-likeness (QED) is 0.753. The molecule has 1 saturated carbocycles. The molecule has 0 heterocycles. The summed E-state index contributed by atoms with van der Waals surface area (Å²) < 4.78 is 4.74. The predicted octanol–water partition coefficient (Wildman–Crippen LogP) is 1.38. The molecule has 88 valence electrons. The van der Waals surface area contributed by atoms with Crippen molar-refractivity contribution in [3.05, 3.63) is 0 Å². The lowest BCUT2D eigenvalue weighted by molar-refractivity contribution is 0.116. The number of hydrogen-bond acceptors (Lipinski definition) is 4. The molecular weight excluding hydrogens is 214 g/mol. The standard InChI is InChI=1S/C10H19NO3S/c1-2-15-9-4-3-8(7-9)11-10(13)14-6-5-12/h8-9,12H,2-7H2,1H3,(H,11,13).